The first kappa shape index (κ1) is 22.3. The second kappa shape index (κ2) is 10.6. The minimum Gasteiger partial charge on any atom is -0.497 e. The van der Waals surface area contributed by atoms with E-state index in [9.17, 15) is 0 Å². The van der Waals surface area contributed by atoms with E-state index in [0.29, 0.717) is 35.5 Å². The molecule has 8 heteroatoms. The molecule has 0 atom stereocenters. The number of anilines is 1. The summed E-state index contributed by atoms with van der Waals surface area (Å²) in [6.45, 7) is 0.977. The molecule has 0 bridgehead atoms. The number of rotatable bonds is 9. The van der Waals surface area contributed by atoms with Crippen molar-refractivity contribution < 1.29 is 23.4 Å². The molecule has 1 heterocycles. The highest BCUT2D eigenvalue weighted by atomic mass is 32.1. The second-order valence-corrected chi connectivity index (χ2v) is 7.00. The summed E-state index contributed by atoms with van der Waals surface area (Å²) < 4.78 is 27.2. The van der Waals surface area contributed by atoms with Gasteiger partial charge in [-0.2, -0.15) is 0 Å². The smallest absolute Gasteiger partial charge is 0.174 e. The first-order valence-electron chi connectivity index (χ1n) is 9.59. The first-order chi connectivity index (χ1) is 15.1. The molecule has 7 nitrogen and oxygen atoms in total. The van der Waals surface area contributed by atoms with Crippen LogP contribution in [0.15, 0.2) is 59.2 Å². The highest BCUT2D eigenvalue weighted by molar-refractivity contribution is 7.80. The van der Waals surface area contributed by atoms with Crippen LogP contribution in [0.5, 0.6) is 23.0 Å². The zero-order valence-electron chi connectivity index (χ0n) is 18.0. The van der Waals surface area contributed by atoms with Gasteiger partial charge >= 0.3 is 0 Å². The van der Waals surface area contributed by atoms with Crippen molar-refractivity contribution in [3.63, 3.8) is 0 Å². The van der Waals surface area contributed by atoms with Crippen molar-refractivity contribution in [2.45, 2.75) is 13.1 Å². The molecule has 31 heavy (non-hydrogen) atoms. The molecule has 3 rings (SSSR count). The summed E-state index contributed by atoms with van der Waals surface area (Å²) in [4.78, 5) is 1.99. The van der Waals surface area contributed by atoms with Gasteiger partial charge in [0.15, 0.2) is 5.11 Å². The van der Waals surface area contributed by atoms with Crippen molar-refractivity contribution in [3.05, 3.63) is 66.1 Å². The van der Waals surface area contributed by atoms with E-state index in [1.54, 1.807) is 40.8 Å². The molecule has 0 aliphatic rings. The van der Waals surface area contributed by atoms with E-state index in [1.165, 1.54) is 0 Å². The minimum absolute atomic E-state index is 0.479. The van der Waals surface area contributed by atoms with Crippen molar-refractivity contribution in [3.8, 4) is 23.0 Å². The molecule has 0 aliphatic carbocycles. The Labute approximate surface area is 187 Å². The largest absolute Gasteiger partial charge is 0.497 e. The minimum atomic E-state index is 0.479. The SMILES string of the molecule is COc1ccc(CN(Cc2ccco2)C(=S)Nc2ccc(OC)cc2OC)c(OC)c1. The number of nitrogens with zero attached hydrogens (tertiary/aromatic N) is 1. The molecular weight excluding hydrogens is 416 g/mol. The lowest BCUT2D eigenvalue weighted by Gasteiger charge is -2.26. The van der Waals surface area contributed by atoms with E-state index in [4.69, 9.17) is 35.6 Å². The molecule has 0 saturated carbocycles. The van der Waals surface area contributed by atoms with E-state index in [2.05, 4.69) is 5.32 Å². The Kier molecular flexibility index (Phi) is 7.61. The molecule has 0 amide bonds. The summed E-state index contributed by atoms with van der Waals surface area (Å²) in [5.41, 5.74) is 1.69. The Morgan fingerprint density at radius 2 is 1.55 bits per heavy atom. The van der Waals surface area contributed by atoms with Crippen molar-refractivity contribution >= 4 is 23.0 Å². The van der Waals surface area contributed by atoms with Crippen LogP contribution in [0.3, 0.4) is 0 Å². The third-order valence-electron chi connectivity index (χ3n) is 4.72. The fourth-order valence-electron chi connectivity index (χ4n) is 3.07. The van der Waals surface area contributed by atoms with Crippen LogP contribution in [0.2, 0.25) is 0 Å². The van der Waals surface area contributed by atoms with Gasteiger partial charge in [0.25, 0.3) is 0 Å². The molecule has 0 fully saturated rings. The van der Waals surface area contributed by atoms with Gasteiger partial charge in [0, 0.05) is 24.2 Å². The number of methoxy groups -OCH3 is 4. The van der Waals surface area contributed by atoms with E-state index in [-0.39, 0.29) is 0 Å². The molecule has 0 aliphatic heterocycles. The maximum absolute atomic E-state index is 5.75. The van der Waals surface area contributed by atoms with Gasteiger partial charge in [-0.1, -0.05) is 0 Å². The summed E-state index contributed by atoms with van der Waals surface area (Å²) in [6, 6.07) is 15.0. The lowest BCUT2D eigenvalue weighted by molar-refractivity contribution is 0.346. The Morgan fingerprint density at radius 1 is 0.871 bits per heavy atom. The van der Waals surface area contributed by atoms with Crippen LogP contribution in [0.25, 0.3) is 0 Å². The van der Waals surface area contributed by atoms with E-state index in [1.807, 2.05) is 47.4 Å². The Balaban J connectivity index is 1.86. The third-order valence-corrected chi connectivity index (χ3v) is 5.08. The predicted octanol–water partition coefficient (Wildman–Crippen LogP) is 4.71. The number of furan rings is 1. The molecule has 3 aromatic rings. The average molecular weight is 443 g/mol. The molecule has 1 N–H and O–H groups in total. The maximum Gasteiger partial charge on any atom is 0.174 e. The number of hydrogen-bond donors (Lipinski definition) is 1. The summed E-state index contributed by atoms with van der Waals surface area (Å²) >= 11 is 5.75. The van der Waals surface area contributed by atoms with Gasteiger partial charge in [-0.05, 0) is 48.6 Å². The van der Waals surface area contributed by atoms with Crippen LogP contribution in [-0.4, -0.2) is 38.5 Å². The number of thiocarbonyl (C=S) groups is 1. The van der Waals surface area contributed by atoms with Crippen LogP contribution in [0.4, 0.5) is 5.69 Å². The van der Waals surface area contributed by atoms with Gasteiger partial charge in [0.2, 0.25) is 0 Å². The fourth-order valence-corrected chi connectivity index (χ4v) is 3.31. The number of hydrogen-bond acceptors (Lipinski definition) is 6. The van der Waals surface area contributed by atoms with Gasteiger partial charge in [0.1, 0.15) is 28.8 Å². The predicted molar refractivity (Wildman–Crippen MR) is 123 cm³/mol. The summed E-state index contributed by atoms with van der Waals surface area (Å²) in [5, 5.41) is 3.79. The molecular formula is C23H26N2O5S. The quantitative estimate of drug-likeness (QED) is 0.478. The maximum atomic E-state index is 5.75. The number of ether oxygens (including phenoxy) is 4. The van der Waals surface area contributed by atoms with Gasteiger partial charge in [0.05, 0.1) is 46.9 Å². The summed E-state index contributed by atoms with van der Waals surface area (Å²) in [6.07, 6.45) is 1.64. The highest BCUT2D eigenvalue weighted by Crippen LogP contribution is 2.30. The topological polar surface area (TPSA) is 65.3 Å². The third kappa shape index (κ3) is 5.61. The molecule has 0 radical (unpaired) electrons. The van der Waals surface area contributed by atoms with E-state index < -0.39 is 0 Å². The van der Waals surface area contributed by atoms with Crippen molar-refractivity contribution in [2.75, 3.05) is 33.8 Å². The van der Waals surface area contributed by atoms with Crippen molar-refractivity contribution in [1.82, 2.24) is 4.90 Å². The Hall–Kier alpha value is -3.39. The highest BCUT2D eigenvalue weighted by Gasteiger charge is 2.17. The Bertz CT molecular complexity index is 1010. The molecule has 0 saturated heterocycles. The van der Waals surface area contributed by atoms with Gasteiger partial charge in [-0.15, -0.1) is 0 Å². The zero-order valence-corrected chi connectivity index (χ0v) is 18.8. The summed E-state index contributed by atoms with van der Waals surface area (Å²) in [7, 11) is 6.47. The van der Waals surface area contributed by atoms with Crippen molar-refractivity contribution in [1.29, 1.82) is 0 Å². The lowest BCUT2D eigenvalue weighted by atomic mass is 10.1. The standard InChI is InChI=1S/C23H26N2O5S/c1-26-17-8-7-16(21(12-17)28-3)14-25(15-19-6-5-11-30-19)23(31)24-20-10-9-18(27-2)13-22(20)29-4/h5-13H,14-15H2,1-4H3,(H,24,31). The second-order valence-electron chi connectivity index (χ2n) is 6.61. The fraction of sp³-hybridized carbons (Fsp3) is 0.261. The van der Waals surface area contributed by atoms with Crippen LogP contribution in [0.1, 0.15) is 11.3 Å². The molecule has 164 valence electrons. The normalized spacial score (nSPS) is 10.3. The molecule has 1 aromatic heterocycles. The summed E-state index contributed by atoms with van der Waals surface area (Å²) in [5.74, 6) is 3.55. The molecule has 0 spiro atoms. The first-order valence-corrected chi connectivity index (χ1v) is 10.00. The Morgan fingerprint density at radius 3 is 2.16 bits per heavy atom. The number of benzene rings is 2. The van der Waals surface area contributed by atoms with E-state index >= 15 is 0 Å². The van der Waals surface area contributed by atoms with Crippen LogP contribution in [-0.2, 0) is 13.1 Å². The lowest BCUT2D eigenvalue weighted by Crippen LogP contribution is -2.34. The zero-order chi connectivity index (χ0) is 22.2. The number of nitrogens with one attached hydrogen (secondary N) is 1. The molecule has 2 aromatic carbocycles. The van der Waals surface area contributed by atoms with Crippen molar-refractivity contribution in [2.24, 2.45) is 0 Å². The monoisotopic (exact) mass is 442 g/mol. The van der Waals surface area contributed by atoms with Crippen LogP contribution < -0.4 is 24.3 Å². The van der Waals surface area contributed by atoms with Gasteiger partial charge in [-0.25, -0.2) is 0 Å². The van der Waals surface area contributed by atoms with Gasteiger partial charge in [-0.3, -0.25) is 0 Å². The van der Waals surface area contributed by atoms with E-state index in [0.717, 1.165) is 22.8 Å². The molecule has 0 unspecified atom stereocenters. The average Bonchev–Trinajstić information content (AvgIpc) is 3.32. The van der Waals surface area contributed by atoms with Crippen LogP contribution in [0, 0.1) is 0 Å². The van der Waals surface area contributed by atoms with Gasteiger partial charge < -0.3 is 33.6 Å². The van der Waals surface area contributed by atoms with Crippen LogP contribution >= 0.6 is 12.2 Å².